The highest BCUT2D eigenvalue weighted by Gasteiger charge is 2.11. The van der Waals surface area contributed by atoms with Gasteiger partial charge in [-0.2, -0.15) is 0 Å². The van der Waals surface area contributed by atoms with Crippen LogP contribution in [0.15, 0.2) is 42.5 Å². The molecule has 0 fully saturated rings. The fourth-order valence-corrected chi connectivity index (χ4v) is 2.12. The van der Waals surface area contributed by atoms with Crippen molar-refractivity contribution in [1.29, 1.82) is 0 Å². The molecule has 0 bridgehead atoms. The van der Waals surface area contributed by atoms with E-state index < -0.39 is 5.82 Å². The van der Waals surface area contributed by atoms with Gasteiger partial charge >= 0.3 is 0 Å². The van der Waals surface area contributed by atoms with Crippen LogP contribution in [0.4, 0.5) is 10.1 Å². The molecule has 2 rings (SSSR count). The van der Waals surface area contributed by atoms with Crippen molar-refractivity contribution in [2.75, 3.05) is 5.73 Å². The van der Waals surface area contributed by atoms with Crippen molar-refractivity contribution in [2.45, 2.75) is 20.3 Å². The van der Waals surface area contributed by atoms with Gasteiger partial charge < -0.3 is 5.73 Å². The standard InChI is InChI=1S/C17H18FNO/c1-11(2)9-12-3-5-13(6-4-12)17(20)14-7-8-15(18)16(19)10-14/h3-8,10-11H,9,19H2,1-2H3. The molecule has 0 unspecified atom stereocenters. The summed E-state index contributed by atoms with van der Waals surface area (Å²) in [6.45, 7) is 4.31. The summed E-state index contributed by atoms with van der Waals surface area (Å²) in [6, 6.07) is 11.6. The highest BCUT2D eigenvalue weighted by atomic mass is 19.1. The quantitative estimate of drug-likeness (QED) is 0.678. The zero-order valence-corrected chi connectivity index (χ0v) is 11.7. The van der Waals surface area contributed by atoms with Crippen LogP contribution in [0, 0.1) is 11.7 Å². The SMILES string of the molecule is CC(C)Cc1ccc(C(=O)c2ccc(F)c(N)c2)cc1. The van der Waals surface area contributed by atoms with Crippen molar-refractivity contribution in [3.8, 4) is 0 Å². The minimum Gasteiger partial charge on any atom is -0.396 e. The van der Waals surface area contributed by atoms with E-state index in [1.807, 2.05) is 12.1 Å². The number of hydrogen-bond acceptors (Lipinski definition) is 2. The third kappa shape index (κ3) is 3.23. The average molecular weight is 271 g/mol. The minimum absolute atomic E-state index is 0.00715. The van der Waals surface area contributed by atoms with Gasteiger partial charge in [-0.05, 0) is 36.1 Å². The first-order valence-corrected chi connectivity index (χ1v) is 6.66. The first kappa shape index (κ1) is 14.3. The van der Waals surface area contributed by atoms with Gasteiger partial charge in [0.2, 0.25) is 0 Å². The second kappa shape index (κ2) is 5.87. The van der Waals surface area contributed by atoms with E-state index in [1.54, 1.807) is 12.1 Å². The predicted octanol–water partition coefficient (Wildman–Crippen LogP) is 3.84. The summed E-state index contributed by atoms with van der Waals surface area (Å²) in [5, 5.41) is 0. The number of hydrogen-bond donors (Lipinski definition) is 1. The van der Waals surface area contributed by atoms with Crippen LogP contribution >= 0.6 is 0 Å². The first-order chi connectivity index (χ1) is 9.47. The van der Waals surface area contributed by atoms with E-state index >= 15 is 0 Å². The Bertz CT molecular complexity index is 617. The van der Waals surface area contributed by atoms with Crippen LogP contribution in [0.25, 0.3) is 0 Å². The van der Waals surface area contributed by atoms with Gasteiger partial charge in [0.15, 0.2) is 5.78 Å². The number of nitrogens with two attached hydrogens (primary N) is 1. The monoisotopic (exact) mass is 271 g/mol. The van der Waals surface area contributed by atoms with E-state index in [9.17, 15) is 9.18 Å². The van der Waals surface area contributed by atoms with Crippen LogP contribution in [-0.2, 0) is 6.42 Å². The van der Waals surface area contributed by atoms with Crippen molar-refractivity contribution in [3.63, 3.8) is 0 Å². The first-order valence-electron chi connectivity index (χ1n) is 6.66. The molecule has 2 aromatic carbocycles. The van der Waals surface area contributed by atoms with Crippen LogP contribution in [-0.4, -0.2) is 5.78 Å². The second-order valence-corrected chi connectivity index (χ2v) is 5.36. The Kier molecular flexibility index (Phi) is 4.18. The van der Waals surface area contributed by atoms with Crippen molar-refractivity contribution in [2.24, 2.45) is 5.92 Å². The summed E-state index contributed by atoms with van der Waals surface area (Å²) >= 11 is 0. The molecule has 0 radical (unpaired) electrons. The summed E-state index contributed by atoms with van der Waals surface area (Å²) < 4.78 is 13.1. The van der Waals surface area contributed by atoms with Crippen molar-refractivity contribution in [3.05, 3.63) is 65.0 Å². The number of nitrogen functional groups attached to an aromatic ring is 1. The molecule has 0 heterocycles. The normalized spacial score (nSPS) is 10.8. The molecule has 0 aliphatic carbocycles. The molecule has 0 spiro atoms. The molecular weight excluding hydrogens is 253 g/mol. The Morgan fingerprint density at radius 3 is 2.25 bits per heavy atom. The van der Waals surface area contributed by atoms with Crippen LogP contribution < -0.4 is 5.73 Å². The maximum atomic E-state index is 13.1. The molecular formula is C17H18FNO. The number of benzene rings is 2. The van der Waals surface area contributed by atoms with Gasteiger partial charge in [0.1, 0.15) is 5.82 Å². The zero-order chi connectivity index (χ0) is 14.7. The Hall–Kier alpha value is -2.16. The van der Waals surface area contributed by atoms with E-state index in [0.29, 0.717) is 17.0 Å². The van der Waals surface area contributed by atoms with Gasteiger partial charge in [-0.25, -0.2) is 4.39 Å². The lowest BCUT2D eigenvalue weighted by Gasteiger charge is -2.07. The van der Waals surface area contributed by atoms with Gasteiger partial charge in [-0.3, -0.25) is 4.79 Å². The summed E-state index contributed by atoms with van der Waals surface area (Å²) in [4.78, 5) is 12.3. The third-order valence-electron chi connectivity index (χ3n) is 3.12. The zero-order valence-electron chi connectivity index (χ0n) is 11.7. The molecule has 104 valence electrons. The predicted molar refractivity (Wildman–Crippen MR) is 79.2 cm³/mol. The van der Waals surface area contributed by atoms with Gasteiger partial charge in [0.25, 0.3) is 0 Å². The van der Waals surface area contributed by atoms with Crippen molar-refractivity contribution >= 4 is 11.5 Å². The molecule has 0 aromatic heterocycles. The number of carbonyl (C=O) groups is 1. The fraction of sp³-hybridized carbons (Fsp3) is 0.235. The Labute approximate surface area is 118 Å². The van der Waals surface area contributed by atoms with Crippen LogP contribution in [0.2, 0.25) is 0 Å². The summed E-state index contributed by atoms with van der Waals surface area (Å²) in [5.74, 6) is -0.0740. The van der Waals surface area contributed by atoms with E-state index in [1.165, 1.54) is 23.8 Å². The molecule has 0 aliphatic heterocycles. The summed E-state index contributed by atoms with van der Waals surface area (Å²) in [6.07, 6.45) is 0.984. The number of carbonyl (C=O) groups excluding carboxylic acids is 1. The topological polar surface area (TPSA) is 43.1 Å². The molecule has 0 atom stereocenters. The smallest absolute Gasteiger partial charge is 0.193 e. The molecule has 3 heteroatoms. The van der Waals surface area contributed by atoms with Gasteiger partial charge in [0, 0.05) is 11.1 Å². The Balaban J connectivity index is 2.22. The van der Waals surface area contributed by atoms with E-state index in [-0.39, 0.29) is 11.5 Å². The highest BCUT2D eigenvalue weighted by molar-refractivity contribution is 6.09. The molecule has 0 saturated heterocycles. The van der Waals surface area contributed by atoms with E-state index in [2.05, 4.69) is 13.8 Å². The molecule has 2 nitrogen and oxygen atoms in total. The minimum atomic E-state index is -0.506. The molecule has 2 N–H and O–H groups in total. The number of rotatable bonds is 4. The maximum Gasteiger partial charge on any atom is 0.193 e. The van der Waals surface area contributed by atoms with Crippen LogP contribution in [0.5, 0.6) is 0 Å². The van der Waals surface area contributed by atoms with Gasteiger partial charge in [-0.15, -0.1) is 0 Å². The number of ketones is 1. The molecule has 0 saturated carbocycles. The van der Waals surface area contributed by atoms with Crippen molar-refractivity contribution in [1.82, 2.24) is 0 Å². The average Bonchev–Trinajstić information content (AvgIpc) is 2.41. The molecule has 20 heavy (non-hydrogen) atoms. The fourth-order valence-electron chi connectivity index (χ4n) is 2.12. The summed E-state index contributed by atoms with van der Waals surface area (Å²) in [7, 11) is 0. The molecule has 0 aliphatic rings. The number of anilines is 1. The van der Waals surface area contributed by atoms with Gasteiger partial charge in [0.05, 0.1) is 5.69 Å². The van der Waals surface area contributed by atoms with Crippen molar-refractivity contribution < 1.29 is 9.18 Å². The van der Waals surface area contributed by atoms with Crippen LogP contribution in [0.3, 0.4) is 0 Å². The van der Waals surface area contributed by atoms with E-state index in [0.717, 1.165) is 6.42 Å². The lowest BCUT2D eigenvalue weighted by molar-refractivity contribution is 0.103. The lowest BCUT2D eigenvalue weighted by atomic mass is 9.98. The Morgan fingerprint density at radius 2 is 1.70 bits per heavy atom. The van der Waals surface area contributed by atoms with Gasteiger partial charge in [-0.1, -0.05) is 38.1 Å². The Morgan fingerprint density at radius 1 is 1.10 bits per heavy atom. The lowest BCUT2D eigenvalue weighted by Crippen LogP contribution is -2.04. The largest absolute Gasteiger partial charge is 0.396 e. The second-order valence-electron chi connectivity index (χ2n) is 5.36. The number of halogens is 1. The third-order valence-corrected chi connectivity index (χ3v) is 3.12. The van der Waals surface area contributed by atoms with Crippen LogP contribution in [0.1, 0.15) is 35.3 Å². The molecule has 0 amide bonds. The highest BCUT2D eigenvalue weighted by Crippen LogP contribution is 2.17. The molecule has 2 aromatic rings. The maximum absolute atomic E-state index is 13.1. The van der Waals surface area contributed by atoms with E-state index in [4.69, 9.17) is 5.73 Å². The summed E-state index contributed by atoms with van der Waals surface area (Å²) in [5.41, 5.74) is 7.67.